The Balaban J connectivity index is 2.95. The highest BCUT2D eigenvalue weighted by Crippen LogP contribution is 2.19. The number of anilines is 1. The summed E-state index contributed by atoms with van der Waals surface area (Å²) in [6, 6.07) is 6.66. The van der Waals surface area contributed by atoms with Gasteiger partial charge in [0, 0.05) is 6.54 Å². The molecule has 0 aliphatic heterocycles. The van der Waals surface area contributed by atoms with Gasteiger partial charge in [0.2, 0.25) is 10.0 Å². The van der Waals surface area contributed by atoms with Crippen molar-refractivity contribution in [2.75, 3.05) is 11.3 Å². The fourth-order valence-electron chi connectivity index (χ4n) is 1.98. The summed E-state index contributed by atoms with van der Waals surface area (Å²) in [7, 11) is -3.49. The molecule has 1 aromatic rings. The van der Waals surface area contributed by atoms with Crippen LogP contribution in [0.3, 0.4) is 0 Å². The maximum absolute atomic E-state index is 12.3. The number of carbonyl (C=O) groups excluding carboxylic acids is 1. The maximum atomic E-state index is 12.3. The van der Waals surface area contributed by atoms with Crippen molar-refractivity contribution in [3.63, 3.8) is 0 Å². The van der Waals surface area contributed by atoms with Crippen LogP contribution in [0, 0.1) is 5.92 Å². The summed E-state index contributed by atoms with van der Waals surface area (Å²) in [6.07, 6.45) is 1.37. The van der Waals surface area contributed by atoms with E-state index in [1.54, 1.807) is 31.2 Å². The molecule has 22 heavy (non-hydrogen) atoms. The Bertz CT molecular complexity index is 597. The number of hydrogen-bond donors (Lipinski definition) is 2. The Kier molecular flexibility index (Phi) is 6.87. The third kappa shape index (κ3) is 5.33. The summed E-state index contributed by atoms with van der Waals surface area (Å²) in [5.41, 5.74) is 0.669. The van der Waals surface area contributed by atoms with E-state index in [1.807, 2.05) is 20.8 Å². The fourth-order valence-corrected chi connectivity index (χ4v) is 3.21. The summed E-state index contributed by atoms with van der Waals surface area (Å²) in [5, 5.41) is 2.31. The van der Waals surface area contributed by atoms with Crippen molar-refractivity contribution >= 4 is 21.6 Å². The topological polar surface area (TPSA) is 75.3 Å². The van der Waals surface area contributed by atoms with Crippen LogP contribution in [-0.2, 0) is 10.0 Å². The largest absolute Gasteiger partial charge is 0.352 e. The third-order valence-corrected chi connectivity index (χ3v) is 5.12. The van der Waals surface area contributed by atoms with Gasteiger partial charge in [0.25, 0.3) is 5.91 Å². The third-order valence-electron chi connectivity index (χ3n) is 3.32. The van der Waals surface area contributed by atoms with Crippen LogP contribution in [0.15, 0.2) is 24.3 Å². The highest BCUT2D eigenvalue weighted by atomic mass is 32.2. The van der Waals surface area contributed by atoms with Crippen molar-refractivity contribution < 1.29 is 13.2 Å². The monoisotopic (exact) mass is 326 g/mol. The molecule has 0 fully saturated rings. The van der Waals surface area contributed by atoms with Gasteiger partial charge in [0.05, 0.1) is 16.5 Å². The average Bonchev–Trinajstić information content (AvgIpc) is 2.45. The maximum Gasteiger partial charge on any atom is 0.253 e. The van der Waals surface area contributed by atoms with Gasteiger partial charge in [0.1, 0.15) is 0 Å². The van der Waals surface area contributed by atoms with Crippen LogP contribution < -0.4 is 10.0 Å². The van der Waals surface area contributed by atoms with Gasteiger partial charge >= 0.3 is 0 Å². The molecule has 0 radical (unpaired) electrons. The molecular weight excluding hydrogens is 300 g/mol. The van der Waals surface area contributed by atoms with Crippen LogP contribution in [0.25, 0.3) is 0 Å². The Hall–Kier alpha value is -1.56. The molecule has 1 atom stereocenters. The molecule has 0 saturated carbocycles. The van der Waals surface area contributed by atoms with Crippen LogP contribution in [0.1, 0.15) is 50.9 Å². The van der Waals surface area contributed by atoms with Gasteiger partial charge in [-0.3, -0.25) is 9.52 Å². The molecule has 0 aromatic heterocycles. The number of hydrogen-bond acceptors (Lipinski definition) is 3. The van der Waals surface area contributed by atoms with E-state index in [9.17, 15) is 13.2 Å². The van der Waals surface area contributed by atoms with E-state index in [0.29, 0.717) is 30.1 Å². The number of sulfonamides is 1. The standard InChI is InChI=1S/C16H26N2O3S/c1-5-8-13(4)22(20,21)18-15-10-7-6-9-14(15)16(19)17-11-12(2)3/h6-7,9-10,12-13,18H,5,8,11H2,1-4H3,(H,17,19)/t13-/m0/s1. The normalized spacial score (nSPS) is 13.0. The van der Waals surface area contributed by atoms with E-state index >= 15 is 0 Å². The summed E-state index contributed by atoms with van der Waals surface area (Å²) in [5.74, 6) is 0.0625. The van der Waals surface area contributed by atoms with Crippen molar-refractivity contribution in [3.05, 3.63) is 29.8 Å². The molecule has 0 saturated heterocycles. The van der Waals surface area contributed by atoms with Crippen molar-refractivity contribution in [1.82, 2.24) is 5.32 Å². The lowest BCUT2D eigenvalue weighted by molar-refractivity contribution is 0.0950. The fraction of sp³-hybridized carbons (Fsp3) is 0.562. The van der Waals surface area contributed by atoms with Crippen LogP contribution in [-0.4, -0.2) is 26.1 Å². The summed E-state index contributed by atoms with van der Waals surface area (Å²) in [6.45, 7) is 8.17. The molecule has 124 valence electrons. The van der Waals surface area contributed by atoms with Gasteiger partial charge in [-0.1, -0.05) is 39.3 Å². The van der Waals surface area contributed by atoms with E-state index in [-0.39, 0.29) is 5.91 Å². The predicted octanol–water partition coefficient (Wildman–Crippen LogP) is 3.00. The highest BCUT2D eigenvalue weighted by Gasteiger charge is 2.22. The van der Waals surface area contributed by atoms with Crippen LogP contribution in [0.4, 0.5) is 5.69 Å². The zero-order valence-corrected chi connectivity index (χ0v) is 14.5. The highest BCUT2D eigenvalue weighted by molar-refractivity contribution is 7.93. The van der Waals surface area contributed by atoms with Gasteiger partial charge in [-0.05, 0) is 31.4 Å². The minimum absolute atomic E-state index is 0.268. The minimum atomic E-state index is -3.49. The van der Waals surface area contributed by atoms with Gasteiger partial charge < -0.3 is 5.32 Å². The number of carbonyl (C=O) groups is 1. The van der Waals surface area contributed by atoms with E-state index in [4.69, 9.17) is 0 Å². The lowest BCUT2D eigenvalue weighted by Crippen LogP contribution is -2.30. The predicted molar refractivity (Wildman–Crippen MR) is 90.5 cm³/mol. The minimum Gasteiger partial charge on any atom is -0.352 e. The second kappa shape index (κ2) is 8.17. The molecule has 0 unspecified atom stereocenters. The molecule has 0 heterocycles. The Morgan fingerprint density at radius 1 is 1.18 bits per heavy atom. The molecule has 0 aliphatic carbocycles. The van der Waals surface area contributed by atoms with Gasteiger partial charge in [-0.2, -0.15) is 0 Å². The van der Waals surface area contributed by atoms with Crippen molar-refractivity contribution in [2.45, 2.75) is 45.8 Å². The van der Waals surface area contributed by atoms with Crippen molar-refractivity contribution in [3.8, 4) is 0 Å². The molecule has 0 aliphatic rings. The number of nitrogens with one attached hydrogen (secondary N) is 2. The zero-order valence-electron chi connectivity index (χ0n) is 13.7. The molecule has 1 rings (SSSR count). The molecule has 0 bridgehead atoms. The molecule has 1 amide bonds. The number of para-hydroxylation sites is 1. The van der Waals surface area contributed by atoms with E-state index in [2.05, 4.69) is 10.0 Å². The van der Waals surface area contributed by atoms with Crippen molar-refractivity contribution in [2.24, 2.45) is 5.92 Å². The molecule has 5 nitrogen and oxygen atoms in total. The summed E-state index contributed by atoms with van der Waals surface area (Å²) < 4.78 is 27.1. The number of benzene rings is 1. The SMILES string of the molecule is CCC[C@H](C)S(=O)(=O)Nc1ccccc1C(=O)NCC(C)C. The second-order valence-electron chi connectivity index (χ2n) is 5.90. The Morgan fingerprint density at radius 2 is 1.82 bits per heavy atom. The van der Waals surface area contributed by atoms with Gasteiger partial charge in [0.15, 0.2) is 0 Å². The quantitative estimate of drug-likeness (QED) is 0.771. The van der Waals surface area contributed by atoms with E-state index in [0.717, 1.165) is 6.42 Å². The first-order valence-corrected chi connectivity index (χ1v) is 9.21. The van der Waals surface area contributed by atoms with Gasteiger partial charge in [-0.15, -0.1) is 0 Å². The first-order valence-electron chi connectivity index (χ1n) is 7.66. The smallest absolute Gasteiger partial charge is 0.253 e. The van der Waals surface area contributed by atoms with Crippen LogP contribution in [0.5, 0.6) is 0 Å². The summed E-state index contributed by atoms with van der Waals surface area (Å²) >= 11 is 0. The molecule has 6 heteroatoms. The molecule has 0 spiro atoms. The number of rotatable bonds is 8. The first-order chi connectivity index (χ1) is 10.3. The number of amides is 1. The Morgan fingerprint density at radius 3 is 2.41 bits per heavy atom. The lowest BCUT2D eigenvalue weighted by Gasteiger charge is -2.16. The molecule has 2 N–H and O–H groups in total. The van der Waals surface area contributed by atoms with Crippen LogP contribution >= 0.6 is 0 Å². The average molecular weight is 326 g/mol. The second-order valence-corrected chi connectivity index (χ2v) is 7.99. The van der Waals surface area contributed by atoms with Crippen LogP contribution in [0.2, 0.25) is 0 Å². The van der Waals surface area contributed by atoms with Crippen molar-refractivity contribution in [1.29, 1.82) is 0 Å². The first kappa shape index (κ1) is 18.5. The van der Waals surface area contributed by atoms with E-state index in [1.165, 1.54) is 0 Å². The lowest BCUT2D eigenvalue weighted by atomic mass is 10.1. The molecule has 1 aromatic carbocycles. The van der Waals surface area contributed by atoms with E-state index < -0.39 is 15.3 Å². The molecular formula is C16H26N2O3S. The zero-order chi connectivity index (χ0) is 16.8. The van der Waals surface area contributed by atoms with Gasteiger partial charge in [-0.25, -0.2) is 8.42 Å². The summed E-state index contributed by atoms with van der Waals surface area (Å²) in [4.78, 5) is 12.2. The Labute approximate surface area is 133 Å².